The standard InChI is InChI=1S/C23H27N5O2/c1-2-18-21-17(23(30)26-20-12-24-10-9-13-5-8-16(13)20)11-19(25-22(21)28-27-18)14-3-6-15(29)7-4-14/h3-4,6-7,11,13,16,20,24,29H,2,5,8-10,12H2,1H3,(H,26,30)(H,25,27,28). The minimum Gasteiger partial charge on any atom is -0.508 e. The third kappa shape index (κ3) is 3.33. The number of nitrogens with zero attached hydrogens (tertiary/aromatic N) is 2. The molecule has 3 unspecified atom stereocenters. The molecule has 0 bridgehead atoms. The summed E-state index contributed by atoms with van der Waals surface area (Å²) < 4.78 is 0. The SMILES string of the molecule is CCc1[nH]nc2nc(-c3ccc(O)cc3)cc(C(=O)NC3CNCCC4CCC43)c12. The summed E-state index contributed by atoms with van der Waals surface area (Å²) in [5.41, 5.74) is 3.57. The van der Waals surface area contributed by atoms with E-state index in [1.165, 1.54) is 19.3 Å². The lowest BCUT2D eigenvalue weighted by atomic mass is 9.69. The van der Waals surface area contributed by atoms with Crippen LogP contribution in [0.15, 0.2) is 30.3 Å². The Kier molecular flexibility index (Phi) is 4.90. The largest absolute Gasteiger partial charge is 0.508 e. The van der Waals surface area contributed by atoms with Crippen molar-refractivity contribution < 1.29 is 9.90 Å². The van der Waals surface area contributed by atoms with Gasteiger partial charge >= 0.3 is 0 Å². The van der Waals surface area contributed by atoms with Crippen LogP contribution in [-0.2, 0) is 6.42 Å². The van der Waals surface area contributed by atoms with E-state index in [1.807, 2.05) is 13.0 Å². The van der Waals surface area contributed by atoms with Gasteiger partial charge in [-0.3, -0.25) is 9.89 Å². The normalized spacial score (nSPS) is 23.4. The molecule has 7 heteroatoms. The van der Waals surface area contributed by atoms with Crippen molar-refractivity contribution >= 4 is 16.9 Å². The van der Waals surface area contributed by atoms with Crippen LogP contribution in [0.4, 0.5) is 0 Å². The Bertz CT molecular complexity index is 1080. The number of carbonyl (C=O) groups excluding carboxylic acids is 1. The molecule has 156 valence electrons. The van der Waals surface area contributed by atoms with Crippen LogP contribution in [-0.4, -0.2) is 45.3 Å². The number of phenols is 1. The number of fused-ring (bicyclic) bond motifs is 2. The van der Waals surface area contributed by atoms with Crippen molar-refractivity contribution in [1.82, 2.24) is 25.8 Å². The van der Waals surface area contributed by atoms with Crippen molar-refractivity contribution in [3.63, 3.8) is 0 Å². The molecular weight excluding hydrogens is 378 g/mol. The van der Waals surface area contributed by atoms with Crippen LogP contribution in [0.2, 0.25) is 0 Å². The average molecular weight is 406 g/mol. The highest BCUT2D eigenvalue weighted by Gasteiger charge is 2.39. The molecule has 5 rings (SSSR count). The zero-order valence-corrected chi connectivity index (χ0v) is 17.1. The lowest BCUT2D eigenvalue weighted by Gasteiger charge is -2.40. The molecule has 2 aliphatic rings. The van der Waals surface area contributed by atoms with Crippen LogP contribution >= 0.6 is 0 Å². The van der Waals surface area contributed by atoms with Crippen molar-refractivity contribution in [2.24, 2.45) is 11.8 Å². The van der Waals surface area contributed by atoms with Crippen LogP contribution in [0, 0.1) is 11.8 Å². The molecule has 1 aliphatic heterocycles. The van der Waals surface area contributed by atoms with Gasteiger partial charge in [-0.1, -0.05) is 6.92 Å². The second-order valence-corrected chi connectivity index (χ2v) is 8.43. The Labute approximate surface area is 175 Å². The summed E-state index contributed by atoms with van der Waals surface area (Å²) in [6.07, 6.45) is 4.40. The minimum absolute atomic E-state index is 0.0714. The predicted molar refractivity (Wildman–Crippen MR) is 115 cm³/mol. The summed E-state index contributed by atoms with van der Waals surface area (Å²) >= 11 is 0. The van der Waals surface area contributed by atoms with Gasteiger partial charge in [0, 0.05) is 23.8 Å². The molecule has 7 nitrogen and oxygen atoms in total. The molecule has 3 aromatic rings. The third-order valence-electron chi connectivity index (χ3n) is 6.73. The van der Waals surface area contributed by atoms with Crippen LogP contribution in [0.3, 0.4) is 0 Å². The van der Waals surface area contributed by atoms with Gasteiger partial charge in [-0.2, -0.15) is 5.10 Å². The zero-order chi connectivity index (χ0) is 20.7. The van der Waals surface area contributed by atoms with Gasteiger partial charge in [-0.05, 0) is 74.4 Å². The van der Waals surface area contributed by atoms with Gasteiger partial charge in [0.05, 0.1) is 16.6 Å². The molecule has 3 heterocycles. The number of aromatic nitrogens is 3. The summed E-state index contributed by atoms with van der Waals surface area (Å²) in [5.74, 6) is 1.41. The summed E-state index contributed by atoms with van der Waals surface area (Å²) in [5, 5.41) is 24.6. The molecule has 1 aromatic carbocycles. The van der Waals surface area contributed by atoms with E-state index in [1.54, 1.807) is 24.3 Å². The van der Waals surface area contributed by atoms with Crippen LogP contribution in [0.1, 0.15) is 42.2 Å². The number of benzene rings is 1. The fourth-order valence-corrected chi connectivity index (χ4v) is 4.88. The van der Waals surface area contributed by atoms with Gasteiger partial charge in [0.1, 0.15) is 5.75 Å². The highest BCUT2D eigenvalue weighted by atomic mass is 16.3. The number of aryl methyl sites for hydroxylation is 1. The van der Waals surface area contributed by atoms with Gasteiger partial charge in [0.25, 0.3) is 5.91 Å². The van der Waals surface area contributed by atoms with Crippen molar-refractivity contribution in [3.8, 4) is 17.0 Å². The van der Waals surface area contributed by atoms with Crippen molar-refractivity contribution in [1.29, 1.82) is 0 Å². The molecule has 3 atom stereocenters. The first-order valence-corrected chi connectivity index (χ1v) is 10.8. The van der Waals surface area contributed by atoms with Crippen LogP contribution in [0.5, 0.6) is 5.75 Å². The Balaban J connectivity index is 1.53. The minimum atomic E-state index is -0.0714. The van der Waals surface area contributed by atoms with E-state index < -0.39 is 0 Å². The number of amides is 1. The number of pyridine rings is 1. The molecule has 2 fully saturated rings. The molecule has 2 aromatic heterocycles. The Morgan fingerprint density at radius 3 is 2.80 bits per heavy atom. The smallest absolute Gasteiger partial charge is 0.252 e. The van der Waals surface area contributed by atoms with Gasteiger partial charge in [0.2, 0.25) is 0 Å². The predicted octanol–water partition coefficient (Wildman–Crippen LogP) is 3.01. The first-order chi connectivity index (χ1) is 14.6. The Hall–Kier alpha value is -2.93. The molecule has 1 amide bonds. The van der Waals surface area contributed by atoms with E-state index in [0.29, 0.717) is 22.8 Å². The molecule has 0 radical (unpaired) electrons. The molecule has 30 heavy (non-hydrogen) atoms. The molecule has 1 aliphatic carbocycles. The van der Waals surface area contributed by atoms with Gasteiger partial charge in [-0.25, -0.2) is 4.98 Å². The monoisotopic (exact) mass is 405 g/mol. The maximum Gasteiger partial charge on any atom is 0.252 e. The lowest BCUT2D eigenvalue weighted by molar-refractivity contribution is 0.0849. The molecule has 4 N–H and O–H groups in total. The van der Waals surface area contributed by atoms with E-state index >= 15 is 0 Å². The van der Waals surface area contributed by atoms with Gasteiger partial charge in [-0.15, -0.1) is 0 Å². The van der Waals surface area contributed by atoms with Crippen molar-refractivity contribution in [3.05, 3.63) is 41.6 Å². The van der Waals surface area contributed by atoms with Crippen molar-refractivity contribution in [2.75, 3.05) is 13.1 Å². The zero-order valence-electron chi connectivity index (χ0n) is 17.1. The van der Waals surface area contributed by atoms with Gasteiger partial charge in [0.15, 0.2) is 5.65 Å². The summed E-state index contributed by atoms with van der Waals surface area (Å²) in [4.78, 5) is 18.1. The second kappa shape index (κ2) is 7.72. The maximum absolute atomic E-state index is 13.5. The average Bonchev–Trinajstić information content (AvgIpc) is 3.09. The number of hydrogen-bond donors (Lipinski definition) is 4. The number of nitrogens with one attached hydrogen (secondary N) is 3. The van der Waals surface area contributed by atoms with Crippen LogP contribution in [0.25, 0.3) is 22.3 Å². The lowest BCUT2D eigenvalue weighted by Crippen LogP contribution is -2.49. The summed E-state index contributed by atoms with van der Waals surface area (Å²) in [6.45, 7) is 3.88. The number of aromatic hydroxyl groups is 1. The maximum atomic E-state index is 13.5. The topological polar surface area (TPSA) is 103 Å². The van der Waals surface area contributed by atoms with E-state index in [0.717, 1.165) is 42.1 Å². The molecular formula is C23H27N5O2. The first-order valence-electron chi connectivity index (χ1n) is 10.8. The second-order valence-electron chi connectivity index (χ2n) is 8.43. The number of aromatic amines is 1. The fourth-order valence-electron chi connectivity index (χ4n) is 4.88. The van der Waals surface area contributed by atoms with E-state index in [9.17, 15) is 9.90 Å². The van der Waals surface area contributed by atoms with Crippen molar-refractivity contribution in [2.45, 2.75) is 38.6 Å². The first kappa shape index (κ1) is 19.1. The summed E-state index contributed by atoms with van der Waals surface area (Å²) in [6, 6.07) is 8.84. The number of carbonyl (C=O) groups is 1. The van der Waals surface area contributed by atoms with E-state index in [4.69, 9.17) is 0 Å². The van der Waals surface area contributed by atoms with E-state index in [-0.39, 0.29) is 17.7 Å². The number of phenolic OH excluding ortho intramolecular Hbond substituents is 1. The summed E-state index contributed by atoms with van der Waals surface area (Å²) in [7, 11) is 0. The number of rotatable bonds is 4. The third-order valence-corrected chi connectivity index (χ3v) is 6.73. The molecule has 1 saturated heterocycles. The van der Waals surface area contributed by atoms with Gasteiger partial charge < -0.3 is 15.7 Å². The van der Waals surface area contributed by atoms with E-state index in [2.05, 4.69) is 25.8 Å². The highest BCUT2D eigenvalue weighted by molar-refractivity contribution is 6.07. The highest BCUT2D eigenvalue weighted by Crippen LogP contribution is 2.40. The van der Waals surface area contributed by atoms with Crippen LogP contribution < -0.4 is 10.6 Å². The quantitative estimate of drug-likeness (QED) is 0.534. The molecule has 0 spiro atoms. The number of H-pyrrole nitrogens is 1. The Morgan fingerprint density at radius 1 is 1.23 bits per heavy atom. The fraction of sp³-hybridized carbons (Fsp3) is 0.435. The molecule has 1 saturated carbocycles. The Morgan fingerprint density at radius 2 is 2.07 bits per heavy atom. The number of hydrogen-bond acceptors (Lipinski definition) is 5.